The average Bonchev–Trinajstić information content (AvgIpc) is 2.94. The van der Waals surface area contributed by atoms with Crippen molar-refractivity contribution in [3.05, 3.63) is 88.8 Å². The van der Waals surface area contributed by atoms with Crippen LogP contribution >= 0.6 is 0 Å². The highest BCUT2D eigenvalue weighted by atomic mass is 15.2. The smallest absolute Gasteiger partial charge is 0.0611 e. The summed E-state index contributed by atoms with van der Waals surface area (Å²) in [5, 5.41) is 3.61. The Balaban J connectivity index is 1.87. The molecule has 2 aromatic rings. The molecule has 2 aliphatic rings. The Morgan fingerprint density at radius 2 is 2.00 bits per heavy atom. The van der Waals surface area contributed by atoms with Crippen LogP contribution in [0.25, 0.3) is 11.3 Å². The molecule has 2 aromatic carbocycles. The van der Waals surface area contributed by atoms with Crippen LogP contribution in [0.1, 0.15) is 55.0 Å². The number of hydrogen-bond donors (Lipinski definition) is 2. The predicted molar refractivity (Wildman–Crippen MR) is 137 cm³/mol. The fraction of sp³-hybridized carbons (Fsp3) is 0.357. The Labute approximate surface area is 193 Å². The number of fused-ring (bicyclic) bond motifs is 1. The normalized spacial score (nSPS) is 20.5. The second-order valence-corrected chi connectivity index (χ2v) is 9.28. The van der Waals surface area contributed by atoms with Gasteiger partial charge >= 0.3 is 0 Å². The van der Waals surface area contributed by atoms with Crippen LogP contribution in [-0.2, 0) is 0 Å². The first kappa shape index (κ1) is 22.2. The van der Waals surface area contributed by atoms with Crippen LogP contribution in [0.2, 0.25) is 0 Å². The minimum atomic E-state index is 0.181. The Hall–Kier alpha value is -2.98. The zero-order valence-electron chi connectivity index (χ0n) is 19.9. The monoisotopic (exact) mass is 428 g/mol. The van der Waals surface area contributed by atoms with Crippen molar-refractivity contribution in [3.8, 4) is 0 Å². The molecule has 2 heterocycles. The van der Waals surface area contributed by atoms with Gasteiger partial charge in [0.1, 0.15) is 0 Å². The number of allylic oxidation sites excluding steroid dienone is 2. The highest BCUT2D eigenvalue weighted by Gasteiger charge is 2.29. The lowest BCUT2D eigenvalue weighted by atomic mass is 9.90. The summed E-state index contributed by atoms with van der Waals surface area (Å²) >= 11 is 0. The van der Waals surface area contributed by atoms with Crippen molar-refractivity contribution in [3.63, 3.8) is 0 Å². The van der Waals surface area contributed by atoms with Crippen molar-refractivity contribution >= 4 is 17.0 Å². The standard InChI is InChI=1S/C28H36N4/c1-19(2)32(24-8-6-7-20(3)17-24)27-11-14-30-28(21(4)29)25-10-9-23(18-26(25)27)22-12-15-31(5)16-13-22/h6-10,12,17-18,27,30H,1,11,13-16,29H2,2-5H3/b28-21-. The quantitative estimate of drug-likeness (QED) is 0.681. The molecule has 0 amide bonds. The summed E-state index contributed by atoms with van der Waals surface area (Å²) in [6.07, 6.45) is 4.42. The van der Waals surface area contributed by atoms with E-state index in [1.165, 1.54) is 33.5 Å². The van der Waals surface area contributed by atoms with Gasteiger partial charge in [0.05, 0.1) is 11.7 Å². The molecule has 0 saturated carbocycles. The van der Waals surface area contributed by atoms with Crippen molar-refractivity contribution < 1.29 is 0 Å². The summed E-state index contributed by atoms with van der Waals surface area (Å²) in [7, 11) is 2.18. The van der Waals surface area contributed by atoms with Gasteiger partial charge in [0.2, 0.25) is 0 Å². The van der Waals surface area contributed by atoms with E-state index in [0.29, 0.717) is 0 Å². The van der Waals surface area contributed by atoms with E-state index in [4.69, 9.17) is 5.73 Å². The molecule has 4 rings (SSSR count). The van der Waals surface area contributed by atoms with E-state index < -0.39 is 0 Å². The molecule has 2 aliphatic heterocycles. The van der Waals surface area contributed by atoms with Gasteiger partial charge in [-0.1, -0.05) is 36.9 Å². The van der Waals surface area contributed by atoms with E-state index in [2.05, 4.69) is 91.1 Å². The van der Waals surface area contributed by atoms with E-state index in [1.807, 2.05) is 6.92 Å². The van der Waals surface area contributed by atoms with E-state index in [0.717, 1.165) is 49.6 Å². The molecule has 4 heteroatoms. The van der Waals surface area contributed by atoms with Crippen LogP contribution in [0.4, 0.5) is 5.69 Å². The molecule has 0 saturated heterocycles. The van der Waals surface area contributed by atoms with Crippen molar-refractivity contribution in [2.75, 3.05) is 31.6 Å². The van der Waals surface area contributed by atoms with Crippen LogP contribution in [0, 0.1) is 6.92 Å². The summed E-state index contributed by atoms with van der Waals surface area (Å²) < 4.78 is 0. The second-order valence-electron chi connectivity index (χ2n) is 9.28. The van der Waals surface area contributed by atoms with Crippen molar-refractivity contribution in [2.45, 2.75) is 39.7 Å². The first-order valence-electron chi connectivity index (χ1n) is 11.6. The third kappa shape index (κ3) is 4.46. The molecule has 0 bridgehead atoms. The highest BCUT2D eigenvalue weighted by molar-refractivity contribution is 5.75. The zero-order chi connectivity index (χ0) is 22.8. The highest BCUT2D eigenvalue weighted by Crippen LogP contribution is 2.40. The first-order valence-corrected chi connectivity index (χ1v) is 11.6. The van der Waals surface area contributed by atoms with Crippen LogP contribution in [0.5, 0.6) is 0 Å². The molecule has 0 fully saturated rings. The molecule has 0 aromatic heterocycles. The molecule has 168 valence electrons. The van der Waals surface area contributed by atoms with Crippen LogP contribution in [-0.4, -0.2) is 31.6 Å². The van der Waals surface area contributed by atoms with Crippen LogP contribution < -0.4 is 16.0 Å². The molecule has 3 N–H and O–H groups in total. The molecule has 1 unspecified atom stereocenters. The van der Waals surface area contributed by atoms with Gasteiger partial charge in [-0.3, -0.25) is 0 Å². The van der Waals surface area contributed by atoms with Crippen molar-refractivity contribution in [1.29, 1.82) is 0 Å². The van der Waals surface area contributed by atoms with Gasteiger partial charge in [0.15, 0.2) is 0 Å². The molecule has 0 spiro atoms. The number of nitrogens with one attached hydrogen (secondary N) is 1. The number of anilines is 1. The number of rotatable bonds is 4. The van der Waals surface area contributed by atoms with Gasteiger partial charge in [-0.2, -0.15) is 0 Å². The summed E-state index contributed by atoms with van der Waals surface area (Å²) in [6, 6.07) is 15.8. The molecule has 4 nitrogen and oxygen atoms in total. The molecule has 1 atom stereocenters. The first-order chi connectivity index (χ1) is 15.3. The number of aryl methyl sites for hydroxylation is 1. The molecule has 32 heavy (non-hydrogen) atoms. The van der Waals surface area contributed by atoms with Crippen LogP contribution in [0.3, 0.4) is 0 Å². The van der Waals surface area contributed by atoms with E-state index >= 15 is 0 Å². The Morgan fingerprint density at radius 3 is 2.66 bits per heavy atom. The number of nitrogens with zero attached hydrogens (tertiary/aromatic N) is 2. The lowest BCUT2D eigenvalue weighted by Gasteiger charge is -2.35. The minimum absolute atomic E-state index is 0.181. The van der Waals surface area contributed by atoms with Gasteiger partial charge in [0.25, 0.3) is 0 Å². The Morgan fingerprint density at radius 1 is 1.19 bits per heavy atom. The Kier molecular flexibility index (Phi) is 6.43. The number of nitrogens with two attached hydrogens (primary N) is 1. The third-order valence-electron chi connectivity index (χ3n) is 6.58. The van der Waals surface area contributed by atoms with Gasteiger partial charge in [-0.15, -0.1) is 0 Å². The summed E-state index contributed by atoms with van der Waals surface area (Å²) in [5.41, 5.74) is 17.0. The van der Waals surface area contributed by atoms with Gasteiger partial charge in [-0.05, 0) is 81.1 Å². The van der Waals surface area contributed by atoms with E-state index in [9.17, 15) is 0 Å². The van der Waals surface area contributed by atoms with Gasteiger partial charge in [0, 0.05) is 42.3 Å². The summed E-state index contributed by atoms with van der Waals surface area (Å²) in [5.74, 6) is 0. The molecular formula is C28H36N4. The summed E-state index contributed by atoms with van der Waals surface area (Å²) in [6.45, 7) is 13.6. The van der Waals surface area contributed by atoms with Gasteiger partial charge < -0.3 is 20.9 Å². The molecule has 0 aliphatic carbocycles. The fourth-order valence-electron chi connectivity index (χ4n) is 4.95. The van der Waals surface area contributed by atoms with E-state index in [1.54, 1.807) is 0 Å². The maximum absolute atomic E-state index is 6.33. The lowest BCUT2D eigenvalue weighted by molar-refractivity contribution is 0.370. The van der Waals surface area contributed by atoms with Crippen molar-refractivity contribution in [1.82, 2.24) is 10.2 Å². The molecular weight excluding hydrogens is 392 g/mol. The number of benzene rings is 2. The number of likely N-dealkylation sites (N-methyl/N-ethyl adjacent to an activating group) is 1. The topological polar surface area (TPSA) is 44.5 Å². The average molecular weight is 429 g/mol. The van der Waals surface area contributed by atoms with Crippen LogP contribution in [0.15, 0.2) is 66.5 Å². The number of hydrogen-bond acceptors (Lipinski definition) is 4. The summed E-state index contributed by atoms with van der Waals surface area (Å²) in [4.78, 5) is 4.76. The fourth-order valence-corrected chi connectivity index (χ4v) is 4.95. The third-order valence-corrected chi connectivity index (χ3v) is 6.58. The second kappa shape index (κ2) is 9.25. The SMILES string of the molecule is C=C(C)N(c1cccc(C)c1)C1CCN/C(=C(/C)N)c2ccc(C3=CCN(C)CC3)cc21. The maximum Gasteiger partial charge on any atom is 0.0611 e. The van der Waals surface area contributed by atoms with Gasteiger partial charge in [-0.25, -0.2) is 0 Å². The van der Waals surface area contributed by atoms with E-state index in [-0.39, 0.29) is 6.04 Å². The largest absolute Gasteiger partial charge is 0.401 e. The van der Waals surface area contributed by atoms with Crippen molar-refractivity contribution in [2.24, 2.45) is 5.73 Å². The predicted octanol–water partition coefficient (Wildman–Crippen LogP) is 5.44. The Bertz CT molecular complexity index is 1070. The maximum atomic E-state index is 6.33. The lowest BCUT2D eigenvalue weighted by Crippen LogP contribution is -2.28. The zero-order valence-corrected chi connectivity index (χ0v) is 19.9. The molecule has 0 radical (unpaired) electrons. The minimum Gasteiger partial charge on any atom is -0.401 e.